The Labute approximate surface area is 130 Å². The second-order valence-electron chi connectivity index (χ2n) is 6.88. The fraction of sp³-hybridized carbons (Fsp3) is 0.706. The quantitative estimate of drug-likeness (QED) is 0.855. The summed E-state index contributed by atoms with van der Waals surface area (Å²) in [6.07, 6.45) is 7.43. The first kappa shape index (κ1) is 13.8. The summed E-state index contributed by atoms with van der Waals surface area (Å²) >= 11 is 1.65. The molecular formula is C17H24N2OS. The number of carbonyl (C=O) groups is 1. The van der Waals surface area contributed by atoms with E-state index in [9.17, 15) is 4.79 Å². The van der Waals surface area contributed by atoms with Crippen molar-refractivity contribution in [3.63, 3.8) is 0 Å². The first-order valence-corrected chi connectivity index (χ1v) is 9.22. The van der Waals surface area contributed by atoms with E-state index in [-0.39, 0.29) is 0 Å². The molecule has 3 fully saturated rings. The normalized spacial score (nSPS) is 30.2. The number of hydrogen-bond donors (Lipinski definition) is 0. The molecule has 2 aliphatic heterocycles. The molecule has 3 nitrogen and oxygen atoms in total. The molecule has 0 spiro atoms. The van der Waals surface area contributed by atoms with E-state index in [4.69, 9.17) is 0 Å². The first-order chi connectivity index (χ1) is 10.3. The molecule has 1 aromatic heterocycles. The van der Waals surface area contributed by atoms with E-state index >= 15 is 0 Å². The average Bonchev–Trinajstić information content (AvgIpc) is 2.93. The Morgan fingerprint density at radius 1 is 1.14 bits per heavy atom. The molecular weight excluding hydrogens is 280 g/mol. The van der Waals surface area contributed by atoms with Crippen LogP contribution in [-0.2, 0) is 0 Å². The van der Waals surface area contributed by atoms with Gasteiger partial charge in [0.2, 0.25) is 0 Å². The van der Waals surface area contributed by atoms with Crippen LogP contribution in [0.25, 0.3) is 0 Å². The molecule has 0 aromatic carbocycles. The molecule has 2 saturated heterocycles. The summed E-state index contributed by atoms with van der Waals surface area (Å²) in [5.41, 5.74) is 1.33. The molecule has 1 saturated carbocycles. The third-order valence-electron chi connectivity index (χ3n) is 5.49. The minimum atomic E-state index is 0.315. The lowest BCUT2D eigenvalue weighted by Crippen LogP contribution is -2.47. The molecule has 4 heteroatoms. The van der Waals surface area contributed by atoms with Crippen LogP contribution >= 0.6 is 11.3 Å². The lowest BCUT2D eigenvalue weighted by Gasteiger charge is -2.33. The highest BCUT2D eigenvalue weighted by molar-refractivity contribution is 7.12. The van der Waals surface area contributed by atoms with Crippen LogP contribution in [0.15, 0.2) is 11.4 Å². The van der Waals surface area contributed by atoms with E-state index < -0.39 is 0 Å². The highest BCUT2D eigenvalue weighted by Crippen LogP contribution is 2.44. The Morgan fingerprint density at radius 2 is 1.90 bits per heavy atom. The van der Waals surface area contributed by atoms with Crippen molar-refractivity contribution in [1.82, 2.24) is 9.80 Å². The SMILES string of the molecule is CN1CCC[C@H]1[C@H]1CCCN1C(=O)c1sccc1C1CC1. The molecule has 0 unspecified atom stereocenters. The van der Waals surface area contributed by atoms with Gasteiger partial charge in [-0.3, -0.25) is 4.79 Å². The van der Waals surface area contributed by atoms with Gasteiger partial charge in [-0.25, -0.2) is 0 Å². The van der Waals surface area contributed by atoms with Crippen molar-refractivity contribution in [3.05, 3.63) is 21.9 Å². The van der Waals surface area contributed by atoms with Gasteiger partial charge in [-0.15, -0.1) is 11.3 Å². The van der Waals surface area contributed by atoms with Gasteiger partial charge in [0, 0.05) is 18.6 Å². The third kappa shape index (κ3) is 2.42. The number of carbonyl (C=O) groups excluding carboxylic acids is 1. The standard InChI is InChI=1S/C17H24N2OS/c1-18-9-2-4-14(18)15-5-3-10-19(15)17(20)16-13(8-11-21-16)12-6-7-12/h8,11-12,14-15H,2-7,9-10H2,1H3/t14-,15+/m0/s1. The molecule has 3 aliphatic rings. The van der Waals surface area contributed by atoms with Crippen LogP contribution in [0.2, 0.25) is 0 Å². The Bertz CT molecular complexity index is 537. The highest BCUT2D eigenvalue weighted by Gasteiger charge is 2.40. The topological polar surface area (TPSA) is 23.6 Å². The number of likely N-dealkylation sites (tertiary alicyclic amines) is 2. The second kappa shape index (κ2) is 5.40. The fourth-order valence-corrected chi connectivity index (χ4v) is 5.15. The zero-order valence-electron chi connectivity index (χ0n) is 12.8. The molecule has 0 N–H and O–H groups in total. The highest BCUT2D eigenvalue weighted by atomic mass is 32.1. The smallest absolute Gasteiger partial charge is 0.264 e. The number of amides is 1. The van der Waals surface area contributed by atoms with Crippen LogP contribution in [0, 0.1) is 0 Å². The summed E-state index contributed by atoms with van der Waals surface area (Å²) in [4.78, 5) is 18.7. The van der Waals surface area contributed by atoms with Crippen molar-refractivity contribution in [3.8, 4) is 0 Å². The van der Waals surface area contributed by atoms with Crippen molar-refractivity contribution >= 4 is 17.2 Å². The summed E-state index contributed by atoms with van der Waals surface area (Å²) in [7, 11) is 2.22. The van der Waals surface area contributed by atoms with Crippen LogP contribution in [0.4, 0.5) is 0 Å². The molecule has 21 heavy (non-hydrogen) atoms. The van der Waals surface area contributed by atoms with Gasteiger partial charge in [0.05, 0.1) is 4.88 Å². The second-order valence-corrected chi connectivity index (χ2v) is 7.79. The molecule has 2 atom stereocenters. The number of nitrogens with zero attached hydrogens (tertiary/aromatic N) is 2. The van der Waals surface area contributed by atoms with Crippen LogP contribution in [0.3, 0.4) is 0 Å². The Balaban J connectivity index is 1.56. The predicted octanol–water partition coefficient (Wildman–Crippen LogP) is 3.32. The lowest BCUT2D eigenvalue weighted by molar-refractivity contribution is 0.0668. The number of hydrogen-bond acceptors (Lipinski definition) is 3. The summed E-state index contributed by atoms with van der Waals surface area (Å²) in [6, 6.07) is 3.21. The van der Waals surface area contributed by atoms with E-state index in [1.165, 1.54) is 50.6 Å². The monoisotopic (exact) mass is 304 g/mol. The van der Waals surface area contributed by atoms with Gasteiger partial charge in [0.15, 0.2) is 0 Å². The minimum Gasteiger partial charge on any atom is -0.333 e. The Hall–Kier alpha value is -0.870. The maximum absolute atomic E-state index is 13.1. The Kier molecular flexibility index (Phi) is 3.54. The molecule has 3 heterocycles. The predicted molar refractivity (Wildman–Crippen MR) is 86.0 cm³/mol. The zero-order chi connectivity index (χ0) is 14.4. The van der Waals surface area contributed by atoms with Gasteiger partial charge in [0.25, 0.3) is 5.91 Å². The number of thiophene rings is 1. The van der Waals surface area contributed by atoms with Crippen molar-refractivity contribution < 1.29 is 4.79 Å². The van der Waals surface area contributed by atoms with Crippen molar-refractivity contribution in [2.75, 3.05) is 20.1 Å². The Morgan fingerprint density at radius 3 is 2.62 bits per heavy atom. The van der Waals surface area contributed by atoms with Crippen molar-refractivity contribution in [2.45, 2.75) is 56.5 Å². The maximum atomic E-state index is 13.1. The van der Waals surface area contributed by atoms with E-state index in [0.717, 1.165) is 11.4 Å². The van der Waals surface area contributed by atoms with Gasteiger partial charge in [-0.1, -0.05) is 0 Å². The zero-order valence-corrected chi connectivity index (χ0v) is 13.6. The molecule has 0 bridgehead atoms. The maximum Gasteiger partial charge on any atom is 0.264 e. The van der Waals surface area contributed by atoms with Gasteiger partial charge in [-0.2, -0.15) is 0 Å². The van der Waals surface area contributed by atoms with Crippen LogP contribution in [0.1, 0.15) is 59.7 Å². The van der Waals surface area contributed by atoms with E-state index in [2.05, 4.69) is 28.3 Å². The summed E-state index contributed by atoms with van der Waals surface area (Å²) < 4.78 is 0. The lowest BCUT2D eigenvalue weighted by atomic mass is 10.0. The van der Waals surface area contributed by atoms with Crippen LogP contribution < -0.4 is 0 Å². The molecule has 4 rings (SSSR count). The fourth-order valence-electron chi connectivity index (χ4n) is 4.21. The molecule has 1 aliphatic carbocycles. The largest absolute Gasteiger partial charge is 0.333 e. The summed E-state index contributed by atoms with van der Waals surface area (Å²) in [5.74, 6) is 0.986. The number of likely N-dealkylation sites (N-methyl/N-ethyl adjacent to an activating group) is 1. The summed E-state index contributed by atoms with van der Waals surface area (Å²) in [6.45, 7) is 2.14. The number of rotatable bonds is 3. The van der Waals surface area contributed by atoms with Gasteiger partial charge < -0.3 is 9.80 Å². The van der Waals surface area contributed by atoms with Crippen LogP contribution in [0.5, 0.6) is 0 Å². The van der Waals surface area contributed by atoms with Gasteiger partial charge >= 0.3 is 0 Å². The van der Waals surface area contributed by atoms with Crippen molar-refractivity contribution in [1.29, 1.82) is 0 Å². The van der Waals surface area contributed by atoms with Crippen LogP contribution in [-0.4, -0.2) is 47.9 Å². The van der Waals surface area contributed by atoms with Gasteiger partial charge in [-0.05, 0) is 75.0 Å². The molecule has 1 amide bonds. The van der Waals surface area contributed by atoms with Crippen molar-refractivity contribution in [2.24, 2.45) is 0 Å². The van der Waals surface area contributed by atoms with E-state index in [1.54, 1.807) is 11.3 Å². The third-order valence-corrected chi connectivity index (χ3v) is 6.41. The molecule has 0 radical (unpaired) electrons. The minimum absolute atomic E-state index is 0.315. The van der Waals surface area contributed by atoms with E-state index in [1.807, 2.05) is 0 Å². The van der Waals surface area contributed by atoms with E-state index in [0.29, 0.717) is 23.9 Å². The van der Waals surface area contributed by atoms with Gasteiger partial charge in [0.1, 0.15) is 0 Å². The molecule has 1 aromatic rings. The summed E-state index contributed by atoms with van der Waals surface area (Å²) in [5, 5.41) is 2.10. The molecule has 114 valence electrons. The first-order valence-electron chi connectivity index (χ1n) is 8.34. The average molecular weight is 304 g/mol.